The molecule has 0 aliphatic carbocycles. The summed E-state index contributed by atoms with van der Waals surface area (Å²) in [6.07, 6.45) is 2.68. The summed E-state index contributed by atoms with van der Waals surface area (Å²) in [5.41, 5.74) is 0. The molecule has 0 aromatic rings. The molecule has 2 N–H and O–H groups in total. The van der Waals surface area contributed by atoms with E-state index in [1.165, 1.54) is 0 Å². The van der Waals surface area contributed by atoms with Gasteiger partial charge in [0.05, 0.1) is 13.2 Å². The van der Waals surface area contributed by atoms with E-state index >= 15 is 0 Å². The highest BCUT2D eigenvalue weighted by Crippen LogP contribution is 1.99. The average Bonchev–Trinajstić information content (AvgIpc) is 2.20. The summed E-state index contributed by atoms with van der Waals surface area (Å²) in [5, 5.41) is 16.8. The number of hydrogen-bond donors (Lipinski definition) is 2. The molecule has 5 nitrogen and oxygen atoms in total. The lowest BCUT2D eigenvalue weighted by Crippen LogP contribution is -2.11. The van der Waals surface area contributed by atoms with Crippen molar-refractivity contribution in [1.82, 2.24) is 0 Å². The Morgan fingerprint density at radius 2 is 1.50 bits per heavy atom. The first kappa shape index (κ1) is 13.2. The van der Waals surface area contributed by atoms with Crippen LogP contribution in [0.25, 0.3) is 0 Å². The number of aliphatic hydroxyl groups is 2. The van der Waals surface area contributed by atoms with Crippen molar-refractivity contribution < 1.29 is 24.5 Å². The first-order valence-corrected chi connectivity index (χ1v) is 4.82. The molecule has 0 amide bonds. The van der Waals surface area contributed by atoms with Crippen LogP contribution < -0.4 is 0 Å². The third kappa shape index (κ3) is 9.28. The van der Waals surface area contributed by atoms with Gasteiger partial charge in [-0.1, -0.05) is 6.42 Å². The summed E-state index contributed by atoms with van der Waals surface area (Å²) < 4.78 is 9.16. The van der Waals surface area contributed by atoms with Gasteiger partial charge in [-0.2, -0.15) is 0 Å². The molecule has 0 spiro atoms. The van der Waals surface area contributed by atoms with Crippen LogP contribution in [-0.2, 0) is 9.47 Å². The molecule has 0 atom stereocenters. The summed E-state index contributed by atoms with van der Waals surface area (Å²) in [4.78, 5) is 10.7. The Morgan fingerprint density at radius 3 is 2.14 bits per heavy atom. The van der Waals surface area contributed by atoms with Crippen molar-refractivity contribution in [2.75, 3.05) is 26.4 Å². The molecule has 0 fully saturated rings. The molecule has 0 unspecified atom stereocenters. The first-order valence-electron chi connectivity index (χ1n) is 4.82. The highest BCUT2D eigenvalue weighted by atomic mass is 16.7. The topological polar surface area (TPSA) is 76.0 Å². The van der Waals surface area contributed by atoms with Crippen molar-refractivity contribution in [3.8, 4) is 0 Å². The molecule has 0 aromatic heterocycles. The van der Waals surface area contributed by atoms with Crippen molar-refractivity contribution in [3.63, 3.8) is 0 Å². The lowest BCUT2D eigenvalue weighted by molar-refractivity contribution is 0.0424. The summed E-state index contributed by atoms with van der Waals surface area (Å²) in [7, 11) is 0. The Morgan fingerprint density at radius 1 is 0.857 bits per heavy atom. The molecular formula is C9H18O5. The van der Waals surface area contributed by atoms with Crippen LogP contribution in [0, 0.1) is 0 Å². The minimum absolute atomic E-state index is 0.0245. The van der Waals surface area contributed by atoms with Gasteiger partial charge in [0.25, 0.3) is 0 Å². The smallest absolute Gasteiger partial charge is 0.434 e. The van der Waals surface area contributed by atoms with E-state index in [1.54, 1.807) is 0 Å². The van der Waals surface area contributed by atoms with Crippen LogP contribution in [0.1, 0.15) is 25.7 Å². The number of unbranched alkanes of at least 4 members (excludes halogenated alkanes) is 3. The normalized spacial score (nSPS) is 9.86. The highest BCUT2D eigenvalue weighted by Gasteiger charge is 2.01. The second kappa shape index (κ2) is 10.3. The van der Waals surface area contributed by atoms with Crippen molar-refractivity contribution in [2.24, 2.45) is 0 Å². The first-order chi connectivity index (χ1) is 6.81. The molecule has 0 aliphatic rings. The van der Waals surface area contributed by atoms with Gasteiger partial charge in [0.15, 0.2) is 0 Å². The Kier molecular flexibility index (Phi) is 9.68. The largest absolute Gasteiger partial charge is 0.508 e. The van der Waals surface area contributed by atoms with E-state index in [4.69, 9.17) is 10.2 Å². The van der Waals surface area contributed by atoms with E-state index in [-0.39, 0.29) is 19.8 Å². The minimum atomic E-state index is -0.735. The maximum Gasteiger partial charge on any atom is 0.508 e. The Balaban J connectivity index is 3.07. The fraction of sp³-hybridized carbons (Fsp3) is 0.889. The summed E-state index contributed by atoms with van der Waals surface area (Å²) >= 11 is 0. The predicted molar refractivity (Wildman–Crippen MR) is 49.9 cm³/mol. The Bertz CT molecular complexity index is 137. The molecule has 0 heterocycles. The quantitative estimate of drug-likeness (QED) is 0.451. The maximum absolute atomic E-state index is 10.7. The van der Waals surface area contributed by atoms with E-state index in [0.29, 0.717) is 6.61 Å². The Hall–Kier alpha value is -0.810. The lowest BCUT2D eigenvalue weighted by atomic mass is 10.2. The number of carbonyl (C=O) groups excluding carboxylic acids is 1. The number of ether oxygens (including phenoxy) is 2. The van der Waals surface area contributed by atoms with Crippen LogP contribution in [0.4, 0.5) is 4.79 Å². The van der Waals surface area contributed by atoms with E-state index in [1.807, 2.05) is 0 Å². The molecule has 5 heteroatoms. The molecule has 0 saturated heterocycles. The van der Waals surface area contributed by atoms with Crippen LogP contribution in [0.2, 0.25) is 0 Å². The van der Waals surface area contributed by atoms with Gasteiger partial charge in [0.1, 0.15) is 6.61 Å². The molecule has 14 heavy (non-hydrogen) atoms. The number of carbonyl (C=O) groups is 1. The minimum Gasteiger partial charge on any atom is -0.434 e. The second-order valence-electron chi connectivity index (χ2n) is 2.81. The van der Waals surface area contributed by atoms with Crippen LogP contribution in [0.15, 0.2) is 0 Å². The van der Waals surface area contributed by atoms with Gasteiger partial charge in [-0.25, -0.2) is 4.79 Å². The second-order valence-corrected chi connectivity index (χ2v) is 2.81. The zero-order chi connectivity index (χ0) is 10.6. The molecule has 0 aliphatic heterocycles. The van der Waals surface area contributed by atoms with Gasteiger partial charge in [0, 0.05) is 6.61 Å². The molecule has 0 rings (SSSR count). The molecular weight excluding hydrogens is 188 g/mol. The molecule has 0 aromatic carbocycles. The van der Waals surface area contributed by atoms with Crippen LogP contribution in [0.3, 0.4) is 0 Å². The van der Waals surface area contributed by atoms with E-state index in [9.17, 15) is 4.79 Å². The number of hydrogen-bond acceptors (Lipinski definition) is 5. The summed E-state index contributed by atoms with van der Waals surface area (Å²) in [5.74, 6) is 0. The van der Waals surface area contributed by atoms with Gasteiger partial charge >= 0.3 is 6.16 Å². The monoisotopic (exact) mass is 206 g/mol. The van der Waals surface area contributed by atoms with Gasteiger partial charge in [-0.3, -0.25) is 0 Å². The zero-order valence-corrected chi connectivity index (χ0v) is 8.28. The predicted octanol–water partition coefficient (Wildman–Crippen LogP) is 0.685. The zero-order valence-electron chi connectivity index (χ0n) is 8.28. The van der Waals surface area contributed by atoms with E-state index in [2.05, 4.69) is 9.47 Å². The molecule has 0 saturated carbocycles. The van der Waals surface area contributed by atoms with Crippen molar-refractivity contribution in [3.05, 3.63) is 0 Å². The molecule has 0 radical (unpaired) electrons. The van der Waals surface area contributed by atoms with Gasteiger partial charge in [-0.15, -0.1) is 0 Å². The van der Waals surface area contributed by atoms with Crippen molar-refractivity contribution >= 4 is 6.16 Å². The lowest BCUT2D eigenvalue weighted by Gasteiger charge is -2.04. The van der Waals surface area contributed by atoms with E-state index in [0.717, 1.165) is 25.7 Å². The third-order valence-corrected chi connectivity index (χ3v) is 1.58. The Labute approximate surface area is 83.6 Å². The fourth-order valence-corrected chi connectivity index (χ4v) is 0.894. The third-order valence-electron chi connectivity index (χ3n) is 1.58. The van der Waals surface area contributed by atoms with Crippen LogP contribution in [0.5, 0.6) is 0 Å². The SMILES string of the molecule is O=C(OCCO)OCCCCCCO. The number of aliphatic hydroxyl groups excluding tert-OH is 2. The number of rotatable bonds is 8. The average molecular weight is 206 g/mol. The molecule has 84 valence electrons. The highest BCUT2D eigenvalue weighted by molar-refractivity contribution is 5.59. The van der Waals surface area contributed by atoms with Crippen molar-refractivity contribution in [2.45, 2.75) is 25.7 Å². The summed E-state index contributed by atoms with van der Waals surface area (Å²) in [6, 6.07) is 0. The fourth-order valence-electron chi connectivity index (χ4n) is 0.894. The molecule has 0 bridgehead atoms. The maximum atomic E-state index is 10.7. The van der Waals surface area contributed by atoms with Crippen LogP contribution >= 0.6 is 0 Å². The van der Waals surface area contributed by atoms with Gasteiger partial charge in [-0.05, 0) is 19.3 Å². The summed E-state index contributed by atoms with van der Waals surface area (Å²) in [6.45, 7) is 0.323. The van der Waals surface area contributed by atoms with Crippen LogP contribution in [-0.4, -0.2) is 42.8 Å². The van der Waals surface area contributed by atoms with Crippen molar-refractivity contribution in [1.29, 1.82) is 0 Å². The van der Waals surface area contributed by atoms with Gasteiger partial charge in [0.2, 0.25) is 0 Å². The standard InChI is InChI=1S/C9H18O5/c10-5-3-1-2-4-7-13-9(12)14-8-6-11/h10-11H,1-8H2. The van der Waals surface area contributed by atoms with Gasteiger partial charge < -0.3 is 19.7 Å². The van der Waals surface area contributed by atoms with E-state index < -0.39 is 6.16 Å².